The summed E-state index contributed by atoms with van der Waals surface area (Å²) in [6.07, 6.45) is 0. The van der Waals surface area contributed by atoms with E-state index in [2.05, 4.69) is 31.4 Å². The summed E-state index contributed by atoms with van der Waals surface area (Å²) in [5, 5.41) is 11.5. The van der Waals surface area contributed by atoms with Gasteiger partial charge in [-0.3, -0.25) is 4.79 Å². The number of aromatic nitrogens is 2. The summed E-state index contributed by atoms with van der Waals surface area (Å²) in [5.41, 5.74) is 0.715. The van der Waals surface area contributed by atoms with Crippen LogP contribution in [0.15, 0.2) is 62.6 Å². The first-order chi connectivity index (χ1) is 12.6. The maximum absolute atomic E-state index is 12.0. The summed E-state index contributed by atoms with van der Waals surface area (Å²) >= 11 is 10.3. The third-order valence-electron chi connectivity index (χ3n) is 3.06. The van der Waals surface area contributed by atoms with Gasteiger partial charge in [0.25, 0.3) is 11.1 Å². The molecule has 1 N–H and O–H groups in total. The van der Waals surface area contributed by atoms with Gasteiger partial charge < -0.3 is 14.5 Å². The van der Waals surface area contributed by atoms with E-state index >= 15 is 0 Å². The number of nitrogens with one attached hydrogen (secondary N) is 1. The highest BCUT2D eigenvalue weighted by Crippen LogP contribution is 2.20. The Balaban J connectivity index is 1.45. The van der Waals surface area contributed by atoms with Gasteiger partial charge in [0.1, 0.15) is 5.75 Å². The Morgan fingerprint density at radius 3 is 2.81 bits per heavy atom. The molecular formula is C17H13BrClN3O3S. The number of amides is 1. The zero-order valence-electron chi connectivity index (χ0n) is 13.3. The molecule has 1 amide bonds. The second-order valence-corrected chi connectivity index (χ2v) is 7.33. The zero-order chi connectivity index (χ0) is 18.4. The fourth-order valence-corrected chi connectivity index (χ4v) is 3.03. The SMILES string of the molecule is O=C(CSc1nnc(COc2ccc(Cl)cc2)o1)Nc1cccc(Br)c1. The first kappa shape index (κ1) is 18.8. The van der Waals surface area contributed by atoms with E-state index in [9.17, 15) is 4.79 Å². The molecular weight excluding hydrogens is 442 g/mol. The molecule has 0 aliphatic carbocycles. The molecule has 0 radical (unpaired) electrons. The maximum atomic E-state index is 12.0. The minimum Gasteiger partial charge on any atom is -0.484 e. The number of halogens is 2. The van der Waals surface area contributed by atoms with Gasteiger partial charge in [0.15, 0.2) is 6.61 Å². The van der Waals surface area contributed by atoms with Crippen molar-refractivity contribution in [3.8, 4) is 5.75 Å². The van der Waals surface area contributed by atoms with Gasteiger partial charge in [0.2, 0.25) is 5.91 Å². The Hall–Kier alpha value is -2.03. The molecule has 0 aliphatic rings. The van der Waals surface area contributed by atoms with E-state index in [-0.39, 0.29) is 18.3 Å². The summed E-state index contributed by atoms with van der Waals surface area (Å²) in [6.45, 7) is 0.138. The molecule has 0 aliphatic heterocycles. The number of hydrogen-bond acceptors (Lipinski definition) is 6. The molecule has 0 spiro atoms. The number of rotatable bonds is 7. The Kier molecular flexibility index (Phi) is 6.54. The van der Waals surface area contributed by atoms with Crippen LogP contribution >= 0.6 is 39.3 Å². The zero-order valence-corrected chi connectivity index (χ0v) is 16.5. The van der Waals surface area contributed by atoms with Crippen molar-refractivity contribution in [3.63, 3.8) is 0 Å². The summed E-state index contributed by atoms with van der Waals surface area (Å²) in [7, 11) is 0. The van der Waals surface area contributed by atoms with Gasteiger partial charge in [-0.05, 0) is 42.5 Å². The lowest BCUT2D eigenvalue weighted by molar-refractivity contribution is -0.113. The van der Waals surface area contributed by atoms with Crippen LogP contribution in [0.5, 0.6) is 5.75 Å². The molecule has 1 heterocycles. The molecule has 26 heavy (non-hydrogen) atoms. The van der Waals surface area contributed by atoms with Crippen LogP contribution < -0.4 is 10.1 Å². The van der Waals surface area contributed by atoms with E-state index in [1.165, 1.54) is 0 Å². The van der Waals surface area contributed by atoms with Crippen molar-refractivity contribution in [2.24, 2.45) is 0 Å². The maximum Gasteiger partial charge on any atom is 0.277 e. The molecule has 0 unspecified atom stereocenters. The van der Waals surface area contributed by atoms with Crippen LogP contribution in [0.25, 0.3) is 0 Å². The van der Waals surface area contributed by atoms with Crippen molar-refractivity contribution in [2.45, 2.75) is 11.8 Å². The van der Waals surface area contributed by atoms with Gasteiger partial charge in [-0.1, -0.05) is 45.4 Å². The Labute approximate surface area is 167 Å². The lowest BCUT2D eigenvalue weighted by Crippen LogP contribution is -2.13. The Morgan fingerprint density at radius 1 is 1.23 bits per heavy atom. The number of benzene rings is 2. The number of hydrogen-bond donors (Lipinski definition) is 1. The molecule has 0 saturated carbocycles. The van der Waals surface area contributed by atoms with E-state index < -0.39 is 0 Å². The quantitative estimate of drug-likeness (QED) is 0.517. The average molecular weight is 455 g/mol. The highest BCUT2D eigenvalue weighted by molar-refractivity contribution is 9.10. The average Bonchev–Trinajstić information content (AvgIpc) is 3.07. The lowest BCUT2D eigenvalue weighted by atomic mass is 10.3. The molecule has 9 heteroatoms. The second-order valence-electron chi connectivity index (χ2n) is 5.05. The first-order valence-corrected chi connectivity index (χ1v) is 9.63. The van der Waals surface area contributed by atoms with Crippen LogP contribution in [-0.2, 0) is 11.4 Å². The number of carbonyl (C=O) groups excluding carboxylic acids is 1. The first-order valence-electron chi connectivity index (χ1n) is 7.47. The third-order valence-corrected chi connectivity index (χ3v) is 4.62. The van der Waals surface area contributed by atoms with Gasteiger partial charge in [0, 0.05) is 15.2 Å². The van der Waals surface area contributed by atoms with Crippen LogP contribution in [0.3, 0.4) is 0 Å². The van der Waals surface area contributed by atoms with E-state index in [1.54, 1.807) is 24.3 Å². The van der Waals surface area contributed by atoms with E-state index in [0.29, 0.717) is 27.6 Å². The summed E-state index contributed by atoms with van der Waals surface area (Å²) < 4.78 is 11.9. The molecule has 1 aromatic heterocycles. The van der Waals surface area contributed by atoms with E-state index in [0.717, 1.165) is 16.2 Å². The lowest BCUT2D eigenvalue weighted by Gasteiger charge is -2.04. The Bertz CT molecular complexity index is 889. The fourth-order valence-electron chi connectivity index (χ4n) is 1.92. The van der Waals surface area contributed by atoms with Crippen LogP contribution in [0.1, 0.15) is 5.89 Å². The van der Waals surface area contributed by atoms with Gasteiger partial charge in [-0.15, -0.1) is 10.2 Å². The smallest absolute Gasteiger partial charge is 0.277 e. The Morgan fingerprint density at radius 2 is 2.04 bits per heavy atom. The number of nitrogens with zero attached hydrogens (tertiary/aromatic N) is 2. The van der Waals surface area contributed by atoms with Crippen LogP contribution in [0.2, 0.25) is 5.02 Å². The van der Waals surface area contributed by atoms with Crippen molar-refractivity contribution < 1.29 is 13.9 Å². The van der Waals surface area contributed by atoms with Crippen molar-refractivity contribution in [1.82, 2.24) is 10.2 Å². The summed E-state index contributed by atoms with van der Waals surface area (Å²) in [5.74, 6) is 0.974. The van der Waals surface area contributed by atoms with Crippen molar-refractivity contribution in [2.75, 3.05) is 11.1 Å². The number of carbonyl (C=O) groups is 1. The summed E-state index contributed by atoms with van der Waals surface area (Å²) in [4.78, 5) is 12.0. The van der Waals surface area contributed by atoms with Gasteiger partial charge in [-0.2, -0.15) is 0 Å². The molecule has 6 nitrogen and oxygen atoms in total. The number of thioether (sulfide) groups is 1. The van der Waals surface area contributed by atoms with Crippen LogP contribution in [-0.4, -0.2) is 21.9 Å². The predicted octanol–water partition coefficient (Wildman–Crippen LogP) is 4.80. The summed E-state index contributed by atoms with van der Waals surface area (Å²) in [6, 6.07) is 14.3. The molecule has 2 aromatic carbocycles. The van der Waals surface area contributed by atoms with E-state index in [4.69, 9.17) is 20.8 Å². The van der Waals surface area contributed by atoms with Crippen molar-refractivity contribution in [3.05, 3.63) is 63.9 Å². The van der Waals surface area contributed by atoms with Crippen molar-refractivity contribution in [1.29, 1.82) is 0 Å². The van der Waals surface area contributed by atoms with Gasteiger partial charge in [-0.25, -0.2) is 0 Å². The fraction of sp³-hybridized carbons (Fsp3) is 0.118. The number of anilines is 1. The molecule has 0 bridgehead atoms. The molecule has 3 rings (SSSR count). The monoisotopic (exact) mass is 453 g/mol. The van der Waals surface area contributed by atoms with E-state index in [1.807, 2.05) is 24.3 Å². The van der Waals surface area contributed by atoms with Crippen LogP contribution in [0, 0.1) is 0 Å². The number of ether oxygens (including phenoxy) is 1. The minimum absolute atomic E-state index is 0.138. The standard InChI is InChI=1S/C17H13BrClN3O3S/c18-11-2-1-3-13(8-11)20-15(23)10-26-17-22-21-16(25-17)9-24-14-6-4-12(19)5-7-14/h1-8H,9-10H2,(H,20,23). The molecule has 3 aromatic rings. The minimum atomic E-state index is -0.162. The highest BCUT2D eigenvalue weighted by Gasteiger charge is 2.10. The molecule has 0 saturated heterocycles. The van der Waals surface area contributed by atoms with Crippen LogP contribution in [0.4, 0.5) is 5.69 Å². The topological polar surface area (TPSA) is 77.2 Å². The highest BCUT2D eigenvalue weighted by atomic mass is 79.9. The van der Waals surface area contributed by atoms with Crippen molar-refractivity contribution >= 4 is 50.9 Å². The molecule has 0 atom stereocenters. The predicted molar refractivity (Wildman–Crippen MR) is 104 cm³/mol. The second kappa shape index (κ2) is 9.07. The van der Waals surface area contributed by atoms with Gasteiger partial charge in [0.05, 0.1) is 5.75 Å². The normalized spacial score (nSPS) is 10.5. The molecule has 0 fully saturated rings. The third kappa shape index (κ3) is 5.76. The molecule has 134 valence electrons. The largest absolute Gasteiger partial charge is 0.484 e. The van der Waals surface area contributed by atoms with Gasteiger partial charge >= 0.3 is 0 Å².